The standard InChI is InChI=1S/C51H86NO8P/c1-6-8-10-12-14-16-18-19-20-21-22-23-24-25-26-27-28-29-30-31-32-33-34-36-38-40-42-44-51(54)60-49(48-59-61(55,56)58-46-45-52(3,4)5)47-57-50(53)43-41-39-37-35-17-15-13-11-9-7-2/h8,10-11,13-14,16,19-20,22-23,25-26,28-29,31-32,49H,6-7,9,12,15,17-18,21,24,27,30,33-48H2,1-5H3/p+1/b10-8-,13-11-,16-14-,20-19-,23-22-,26-25-,29-28-,32-31-. The van der Waals surface area contributed by atoms with Gasteiger partial charge in [0.25, 0.3) is 0 Å². The Hall–Kier alpha value is -3.07. The Balaban J connectivity index is 4.30. The van der Waals surface area contributed by atoms with Gasteiger partial charge in [-0.05, 0) is 89.9 Å². The number of rotatable bonds is 41. The third-order valence-electron chi connectivity index (χ3n) is 9.33. The fourth-order valence-electron chi connectivity index (χ4n) is 5.70. The molecular weight excluding hydrogens is 786 g/mol. The second-order valence-electron chi connectivity index (χ2n) is 16.4. The highest BCUT2D eigenvalue weighted by molar-refractivity contribution is 7.47. The van der Waals surface area contributed by atoms with Gasteiger partial charge >= 0.3 is 19.8 Å². The van der Waals surface area contributed by atoms with Gasteiger partial charge in [-0.2, -0.15) is 0 Å². The molecule has 0 radical (unpaired) electrons. The molecule has 2 atom stereocenters. The van der Waals surface area contributed by atoms with Crippen LogP contribution in [0.15, 0.2) is 97.2 Å². The Morgan fingerprint density at radius 1 is 0.525 bits per heavy atom. The van der Waals surface area contributed by atoms with Crippen molar-refractivity contribution >= 4 is 19.8 Å². The highest BCUT2D eigenvalue weighted by atomic mass is 31.2. The van der Waals surface area contributed by atoms with Gasteiger partial charge in [-0.25, -0.2) is 4.57 Å². The minimum atomic E-state index is -4.39. The normalized spacial score (nSPS) is 14.4. The van der Waals surface area contributed by atoms with Crippen LogP contribution in [0.3, 0.4) is 0 Å². The Bertz CT molecular complexity index is 1350. The van der Waals surface area contributed by atoms with Crippen molar-refractivity contribution in [2.45, 2.75) is 168 Å². The van der Waals surface area contributed by atoms with E-state index in [0.29, 0.717) is 17.4 Å². The van der Waals surface area contributed by atoms with E-state index in [2.05, 4.69) is 111 Å². The highest BCUT2D eigenvalue weighted by Gasteiger charge is 2.27. The largest absolute Gasteiger partial charge is 0.472 e. The predicted molar refractivity (Wildman–Crippen MR) is 256 cm³/mol. The third kappa shape index (κ3) is 46.3. The number of phosphoric ester groups is 1. The number of nitrogens with zero attached hydrogens (tertiary/aromatic N) is 1. The minimum Gasteiger partial charge on any atom is -0.462 e. The number of likely N-dealkylation sites (N-methyl/N-ethyl adjacent to an activating group) is 1. The van der Waals surface area contributed by atoms with Gasteiger partial charge < -0.3 is 18.9 Å². The number of hydrogen-bond donors (Lipinski definition) is 1. The first kappa shape index (κ1) is 57.9. The topological polar surface area (TPSA) is 108 Å². The van der Waals surface area contributed by atoms with E-state index in [1.165, 1.54) is 6.42 Å². The molecule has 0 aromatic rings. The van der Waals surface area contributed by atoms with Crippen LogP contribution in [-0.4, -0.2) is 74.9 Å². The van der Waals surface area contributed by atoms with Crippen LogP contribution >= 0.6 is 7.82 Å². The summed E-state index contributed by atoms with van der Waals surface area (Å²) in [5.74, 6) is -0.844. The second kappa shape index (κ2) is 42.2. The lowest BCUT2D eigenvalue weighted by Gasteiger charge is -2.24. The molecule has 0 aliphatic carbocycles. The van der Waals surface area contributed by atoms with E-state index < -0.39 is 32.5 Å². The molecule has 10 heteroatoms. The summed E-state index contributed by atoms with van der Waals surface area (Å²) >= 11 is 0. The number of quaternary nitrogens is 1. The zero-order valence-corrected chi connectivity index (χ0v) is 40.0. The Morgan fingerprint density at radius 3 is 1.41 bits per heavy atom. The van der Waals surface area contributed by atoms with Crippen LogP contribution in [0.1, 0.15) is 162 Å². The van der Waals surface area contributed by atoms with Crippen molar-refractivity contribution in [3.8, 4) is 0 Å². The number of ether oxygens (including phenoxy) is 2. The molecule has 0 aliphatic heterocycles. The maximum atomic E-state index is 12.7. The Kier molecular flexibility index (Phi) is 40.1. The summed E-state index contributed by atoms with van der Waals surface area (Å²) in [7, 11) is 1.44. The molecule has 0 heterocycles. The second-order valence-corrected chi connectivity index (χ2v) is 17.9. The molecule has 0 aliphatic rings. The van der Waals surface area contributed by atoms with Gasteiger partial charge in [0.15, 0.2) is 6.10 Å². The van der Waals surface area contributed by atoms with Crippen molar-refractivity contribution in [2.24, 2.45) is 0 Å². The Morgan fingerprint density at radius 2 is 0.934 bits per heavy atom. The van der Waals surface area contributed by atoms with Gasteiger partial charge in [-0.15, -0.1) is 0 Å². The molecule has 61 heavy (non-hydrogen) atoms. The van der Waals surface area contributed by atoms with E-state index in [1.807, 2.05) is 21.1 Å². The number of hydrogen-bond acceptors (Lipinski definition) is 7. The van der Waals surface area contributed by atoms with Crippen LogP contribution in [0.5, 0.6) is 0 Å². The SMILES string of the molecule is CC/C=C\C/C=C\C/C=C\C/C=C\C/C=C\C/C=C\C/C=C\CCCCCCCC(=O)OC(COC(=O)CCCCCCC/C=C\CCC)COP(=O)(O)OCC[N+](C)(C)C. The number of phosphoric acid groups is 1. The van der Waals surface area contributed by atoms with Crippen molar-refractivity contribution < 1.29 is 42.1 Å². The molecule has 1 N–H and O–H groups in total. The van der Waals surface area contributed by atoms with E-state index in [4.69, 9.17) is 18.5 Å². The molecule has 0 spiro atoms. The van der Waals surface area contributed by atoms with E-state index in [1.54, 1.807) is 0 Å². The van der Waals surface area contributed by atoms with Gasteiger partial charge in [0.2, 0.25) is 0 Å². The van der Waals surface area contributed by atoms with Gasteiger partial charge in [0.05, 0.1) is 27.7 Å². The van der Waals surface area contributed by atoms with Crippen molar-refractivity contribution in [3.63, 3.8) is 0 Å². The average Bonchev–Trinajstić information content (AvgIpc) is 3.21. The van der Waals surface area contributed by atoms with Crippen molar-refractivity contribution in [1.82, 2.24) is 0 Å². The highest BCUT2D eigenvalue weighted by Crippen LogP contribution is 2.43. The molecule has 0 amide bonds. The van der Waals surface area contributed by atoms with Crippen LogP contribution in [-0.2, 0) is 32.7 Å². The van der Waals surface area contributed by atoms with Crippen LogP contribution in [0.25, 0.3) is 0 Å². The lowest BCUT2D eigenvalue weighted by molar-refractivity contribution is -0.870. The quantitative estimate of drug-likeness (QED) is 0.0213. The van der Waals surface area contributed by atoms with E-state index in [-0.39, 0.29) is 26.1 Å². The predicted octanol–water partition coefficient (Wildman–Crippen LogP) is 13.7. The summed E-state index contributed by atoms with van der Waals surface area (Å²) in [6.45, 7) is 4.18. The summed E-state index contributed by atoms with van der Waals surface area (Å²) in [5, 5.41) is 0. The molecule has 0 aromatic heterocycles. The first-order valence-corrected chi connectivity index (χ1v) is 25.0. The first-order chi connectivity index (χ1) is 29.5. The van der Waals surface area contributed by atoms with Gasteiger partial charge in [-0.3, -0.25) is 18.6 Å². The molecule has 9 nitrogen and oxygen atoms in total. The number of unbranched alkanes of at least 4 members (excludes halogenated alkanes) is 11. The summed E-state index contributed by atoms with van der Waals surface area (Å²) in [6.07, 6.45) is 56.1. The average molecular weight is 873 g/mol. The minimum absolute atomic E-state index is 0.0207. The van der Waals surface area contributed by atoms with Crippen molar-refractivity contribution in [3.05, 3.63) is 97.2 Å². The number of carbonyl (C=O) groups excluding carboxylic acids is 2. The van der Waals surface area contributed by atoms with Crippen LogP contribution in [0, 0.1) is 0 Å². The molecule has 0 fully saturated rings. The summed E-state index contributed by atoms with van der Waals surface area (Å²) in [4.78, 5) is 35.3. The van der Waals surface area contributed by atoms with Crippen LogP contribution in [0.4, 0.5) is 0 Å². The number of allylic oxidation sites excluding steroid dienone is 16. The molecule has 0 bridgehead atoms. The summed E-state index contributed by atoms with van der Waals surface area (Å²) < 4.78 is 34.3. The zero-order chi connectivity index (χ0) is 45.0. The fourth-order valence-corrected chi connectivity index (χ4v) is 6.44. The molecule has 0 saturated carbocycles. The van der Waals surface area contributed by atoms with E-state index in [9.17, 15) is 19.0 Å². The molecule has 0 aromatic carbocycles. The Labute approximate surface area is 373 Å². The maximum absolute atomic E-state index is 12.7. The maximum Gasteiger partial charge on any atom is 0.472 e. The molecule has 0 saturated heterocycles. The van der Waals surface area contributed by atoms with Gasteiger partial charge in [0.1, 0.15) is 19.8 Å². The van der Waals surface area contributed by atoms with E-state index >= 15 is 0 Å². The summed E-state index contributed by atoms with van der Waals surface area (Å²) in [5.41, 5.74) is 0. The van der Waals surface area contributed by atoms with Crippen LogP contribution < -0.4 is 0 Å². The van der Waals surface area contributed by atoms with Gasteiger partial charge in [-0.1, -0.05) is 156 Å². The molecular formula is C51H87NO8P+. The third-order valence-corrected chi connectivity index (χ3v) is 10.3. The smallest absolute Gasteiger partial charge is 0.462 e. The zero-order valence-electron chi connectivity index (χ0n) is 39.1. The molecule has 0 rings (SSSR count). The van der Waals surface area contributed by atoms with Crippen molar-refractivity contribution in [1.29, 1.82) is 0 Å². The van der Waals surface area contributed by atoms with Gasteiger partial charge in [0, 0.05) is 12.8 Å². The monoisotopic (exact) mass is 873 g/mol. The summed E-state index contributed by atoms with van der Waals surface area (Å²) in [6, 6.07) is 0. The van der Waals surface area contributed by atoms with Crippen LogP contribution in [0.2, 0.25) is 0 Å². The number of carbonyl (C=O) groups is 2. The van der Waals surface area contributed by atoms with Crippen molar-refractivity contribution in [2.75, 3.05) is 47.5 Å². The number of esters is 2. The molecule has 2 unspecified atom stereocenters. The fraction of sp³-hybridized carbons (Fsp3) is 0.647. The first-order valence-electron chi connectivity index (χ1n) is 23.5. The lowest BCUT2D eigenvalue weighted by atomic mass is 10.1. The lowest BCUT2D eigenvalue weighted by Crippen LogP contribution is -2.37. The van der Waals surface area contributed by atoms with E-state index in [0.717, 1.165) is 122 Å². The molecule has 348 valence electrons.